The highest BCUT2D eigenvalue weighted by atomic mass is 16.2. The first kappa shape index (κ1) is 13.6. The molecule has 0 fully saturated rings. The van der Waals surface area contributed by atoms with Crippen molar-refractivity contribution < 1.29 is 19.4 Å². The summed E-state index contributed by atoms with van der Waals surface area (Å²) in [5.41, 5.74) is 3.01. The summed E-state index contributed by atoms with van der Waals surface area (Å²) in [6, 6.07) is 10.0. The van der Waals surface area contributed by atoms with Crippen molar-refractivity contribution in [1.29, 1.82) is 5.26 Å². The van der Waals surface area contributed by atoms with Gasteiger partial charge in [0.25, 0.3) is 5.91 Å². The zero-order valence-electron chi connectivity index (χ0n) is 10.8. The van der Waals surface area contributed by atoms with Crippen LogP contribution in [-0.2, 0) is 9.59 Å². The molecule has 1 atom stereocenters. The van der Waals surface area contributed by atoms with Crippen molar-refractivity contribution in [3.63, 3.8) is 0 Å². The molecule has 1 aromatic rings. The average molecular weight is 270 g/mol. The molecule has 2 rings (SSSR count). The van der Waals surface area contributed by atoms with Crippen molar-refractivity contribution in [3.05, 3.63) is 47.0 Å². The van der Waals surface area contributed by atoms with Crippen molar-refractivity contribution in [2.75, 3.05) is 0 Å². The summed E-state index contributed by atoms with van der Waals surface area (Å²) < 4.78 is 0. The van der Waals surface area contributed by atoms with Crippen LogP contribution in [0, 0.1) is 11.3 Å². The van der Waals surface area contributed by atoms with E-state index >= 15 is 0 Å². The fourth-order valence-electron chi connectivity index (χ4n) is 1.91. The zero-order chi connectivity index (χ0) is 14.7. The third kappa shape index (κ3) is 2.48. The van der Waals surface area contributed by atoms with Crippen molar-refractivity contribution in [3.8, 4) is 6.07 Å². The molecule has 1 unspecified atom stereocenters. The molecular weight excluding hydrogens is 258 g/mol. The molecule has 2 N–H and O–H groups in total. The largest absolute Gasteiger partial charge is 0.386 e. The Labute approximate surface area is 115 Å². The highest BCUT2D eigenvalue weighted by Gasteiger charge is 2.39. The lowest BCUT2D eigenvalue weighted by molar-refractivity contribution is -0.776. The van der Waals surface area contributed by atoms with E-state index in [-0.39, 0.29) is 17.0 Å². The number of nitrogens with zero attached hydrogens (tertiary/aromatic N) is 1. The molecule has 0 spiro atoms. The Bertz CT molecular complexity index is 656. The molecule has 0 aromatic heterocycles. The van der Waals surface area contributed by atoms with Crippen molar-refractivity contribution in [2.45, 2.75) is 13.3 Å². The molecule has 100 valence electrons. The van der Waals surface area contributed by atoms with Crippen molar-refractivity contribution in [1.82, 2.24) is 5.43 Å². The number of benzene rings is 1. The molecule has 0 bridgehead atoms. The van der Waals surface area contributed by atoms with E-state index < -0.39 is 17.7 Å². The summed E-state index contributed by atoms with van der Waals surface area (Å²) in [6.07, 6.45) is -0.0287. The van der Waals surface area contributed by atoms with Gasteiger partial charge in [0, 0.05) is 5.56 Å². The zero-order valence-corrected chi connectivity index (χ0v) is 10.8. The van der Waals surface area contributed by atoms with Gasteiger partial charge in [0.15, 0.2) is 5.57 Å². The lowest BCUT2D eigenvalue weighted by Crippen LogP contribution is -3.24. The fourth-order valence-corrected chi connectivity index (χ4v) is 1.91. The molecule has 0 saturated heterocycles. The van der Waals surface area contributed by atoms with E-state index in [2.05, 4.69) is 5.43 Å². The highest BCUT2D eigenvalue weighted by Crippen LogP contribution is 2.09. The SMILES string of the molecule is CC1=C(C#N)C(=O)[NH+](NC(=O)c2ccccc2)C(=O)C1. The standard InChI is InChI=1S/C14H11N3O3/c1-9-7-12(18)17(14(20)11(9)8-15)16-13(19)10-5-3-2-4-6-10/h2-6H,7H2,1H3,(H,16,19)/p+1. The highest BCUT2D eigenvalue weighted by molar-refractivity contribution is 6.02. The number of carbonyl (C=O) groups excluding carboxylic acids is 3. The van der Waals surface area contributed by atoms with E-state index in [0.717, 1.165) is 0 Å². The van der Waals surface area contributed by atoms with Gasteiger partial charge in [-0.15, -0.1) is 5.01 Å². The van der Waals surface area contributed by atoms with Crippen LogP contribution in [-0.4, -0.2) is 17.7 Å². The second kappa shape index (κ2) is 5.47. The second-order valence-electron chi connectivity index (χ2n) is 4.39. The van der Waals surface area contributed by atoms with Gasteiger partial charge in [-0.1, -0.05) is 18.2 Å². The molecule has 1 aliphatic rings. The minimum absolute atomic E-state index is 0.0287. The summed E-state index contributed by atoms with van der Waals surface area (Å²) in [5, 5.41) is 8.59. The maximum atomic E-state index is 12.0. The molecular formula is C14H12N3O3+. The van der Waals surface area contributed by atoms with E-state index in [1.54, 1.807) is 43.3 Å². The molecule has 0 saturated carbocycles. The number of hydrogen-bond acceptors (Lipinski definition) is 4. The minimum atomic E-state index is -0.717. The number of nitrogens with one attached hydrogen (secondary N) is 2. The van der Waals surface area contributed by atoms with Gasteiger partial charge in [-0.25, -0.2) is 9.59 Å². The Morgan fingerprint density at radius 3 is 2.55 bits per heavy atom. The Kier molecular flexibility index (Phi) is 3.73. The van der Waals surface area contributed by atoms with Gasteiger partial charge >= 0.3 is 11.8 Å². The van der Waals surface area contributed by atoms with Crippen LogP contribution < -0.4 is 10.4 Å². The minimum Gasteiger partial charge on any atom is -0.264 e. The van der Waals surface area contributed by atoms with Crippen LogP contribution in [0.2, 0.25) is 0 Å². The number of quaternary nitrogens is 1. The number of hydrogen-bond donors (Lipinski definition) is 2. The number of carbonyl (C=O) groups is 3. The van der Waals surface area contributed by atoms with Crippen LogP contribution in [0.4, 0.5) is 0 Å². The summed E-state index contributed by atoms with van der Waals surface area (Å²) >= 11 is 0. The Balaban J connectivity index is 2.22. The molecule has 0 aliphatic carbocycles. The normalized spacial score (nSPS) is 18.7. The third-order valence-electron chi connectivity index (χ3n) is 2.97. The average Bonchev–Trinajstić information content (AvgIpc) is 2.44. The Morgan fingerprint density at radius 1 is 1.30 bits per heavy atom. The number of imide groups is 1. The van der Waals surface area contributed by atoms with Crippen LogP contribution >= 0.6 is 0 Å². The van der Waals surface area contributed by atoms with Gasteiger partial charge in [-0.3, -0.25) is 4.79 Å². The molecule has 6 heteroatoms. The van der Waals surface area contributed by atoms with Gasteiger partial charge < -0.3 is 0 Å². The molecule has 20 heavy (non-hydrogen) atoms. The van der Waals surface area contributed by atoms with Crippen LogP contribution in [0.1, 0.15) is 23.7 Å². The van der Waals surface area contributed by atoms with Gasteiger partial charge in [0.1, 0.15) is 6.07 Å². The van der Waals surface area contributed by atoms with E-state index in [0.29, 0.717) is 11.1 Å². The van der Waals surface area contributed by atoms with E-state index in [1.807, 2.05) is 0 Å². The lowest BCUT2D eigenvalue weighted by Gasteiger charge is -2.19. The number of amides is 3. The summed E-state index contributed by atoms with van der Waals surface area (Å²) in [5.74, 6) is -1.74. The predicted octanol–water partition coefficient (Wildman–Crippen LogP) is -0.487. The van der Waals surface area contributed by atoms with Gasteiger partial charge in [-0.2, -0.15) is 10.7 Å². The summed E-state index contributed by atoms with van der Waals surface area (Å²) in [4.78, 5) is 35.8. The van der Waals surface area contributed by atoms with Crippen molar-refractivity contribution >= 4 is 17.7 Å². The first-order valence-electron chi connectivity index (χ1n) is 5.95. The molecule has 3 amide bonds. The maximum absolute atomic E-state index is 12.0. The number of nitriles is 1. The fraction of sp³-hybridized carbons (Fsp3) is 0.143. The first-order chi connectivity index (χ1) is 9.54. The van der Waals surface area contributed by atoms with Crippen LogP contribution in [0.15, 0.2) is 41.5 Å². The molecule has 1 aliphatic heterocycles. The van der Waals surface area contributed by atoms with Gasteiger partial charge in [-0.05, 0) is 24.6 Å². The summed E-state index contributed by atoms with van der Waals surface area (Å²) in [7, 11) is 0. The predicted molar refractivity (Wildman–Crippen MR) is 67.8 cm³/mol. The topological polar surface area (TPSA) is 91.5 Å². The van der Waals surface area contributed by atoms with Gasteiger partial charge in [0.05, 0.1) is 6.42 Å². The van der Waals surface area contributed by atoms with Gasteiger partial charge in [0.2, 0.25) is 0 Å². The summed E-state index contributed by atoms with van der Waals surface area (Å²) in [6.45, 7) is 1.56. The number of rotatable bonds is 2. The maximum Gasteiger partial charge on any atom is 0.386 e. The molecule has 1 heterocycles. The van der Waals surface area contributed by atoms with E-state index in [1.165, 1.54) is 0 Å². The van der Waals surface area contributed by atoms with E-state index in [4.69, 9.17) is 5.26 Å². The second-order valence-corrected chi connectivity index (χ2v) is 4.39. The molecule has 1 aromatic carbocycles. The Hall–Kier alpha value is -2.78. The van der Waals surface area contributed by atoms with Crippen LogP contribution in [0.5, 0.6) is 0 Å². The van der Waals surface area contributed by atoms with Crippen LogP contribution in [0.25, 0.3) is 0 Å². The molecule has 6 nitrogen and oxygen atoms in total. The monoisotopic (exact) mass is 270 g/mol. The quantitative estimate of drug-likeness (QED) is 0.710. The van der Waals surface area contributed by atoms with Crippen LogP contribution in [0.3, 0.4) is 0 Å². The first-order valence-corrected chi connectivity index (χ1v) is 5.95. The lowest BCUT2D eigenvalue weighted by atomic mass is 10.0. The molecule has 0 radical (unpaired) electrons. The third-order valence-corrected chi connectivity index (χ3v) is 2.97. The van der Waals surface area contributed by atoms with E-state index in [9.17, 15) is 14.4 Å². The van der Waals surface area contributed by atoms with Crippen molar-refractivity contribution in [2.24, 2.45) is 0 Å². The smallest absolute Gasteiger partial charge is 0.264 e. The Morgan fingerprint density at radius 2 is 1.95 bits per heavy atom.